The highest BCUT2D eigenvalue weighted by Crippen LogP contribution is 2.31. The summed E-state index contributed by atoms with van der Waals surface area (Å²) in [5.41, 5.74) is 0.569. The topological polar surface area (TPSA) is 105 Å². The van der Waals surface area contributed by atoms with Crippen LogP contribution in [0.5, 0.6) is 11.5 Å². The number of hydrogen-bond acceptors (Lipinski definition) is 6. The van der Waals surface area contributed by atoms with E-state index in [0.717, 1.165) is 0 Å². The fourth-order valence-corrected chi connectivity index (χ4v) is 5.62. The number of fused-ring (bicyclic) bond motifs is 1. The number of benzene rings is 2. The molecule has 2 atom stereocenters. The molecule has 2 aliphatic rings. The Bertz CT molecular complexity index is 1150. The van der Waals surface area contributed by atoms with E-state index >= 15 is 0 Å². The number of amides is 2. The summed E-state index contributed by atoms with van der Waals surface area (Å²) in [5.74, 6) is 0.424. The molecule has 2 aromatic carbocycles. The molecule has 2 aliphatic heterocycles. The van der Waals surface area contributed by atoms with Crippen LogP contribution >= 0.6 is 0 Å². The number of para-hydroxylation sites is 2. The van der Waals surface area contributed by atoms with Crippen molar-refractivity contribution in [3.8, 4) is 11.5 Å². The molecule has 10 heteroatoms. The fourth-order valence-electron chi connectivity index (χ4n) is 4.17. The molecule has 1 saturated heterocycles. The summed E-state index contributed by atoms with van der Waals surface area (Å²) in [4.78, 5) is 27.0. The van der Waals surface area contributed by atoms with E-state index in [0.29, 0.717) is 36.9 Å². The summed E-state index contributed by atoms with van der Waals surface area (Å²) in [6.45, 7) is 5.17. The van der Waals surface area contributed by atoms with Gasteiger partial charge in [-0.3, -0.25) is 9.59 Å². The SMILES string of the molecule is CCN(CC)S(=O)(=O)c1ccc(N2C[C@H](C(=O)NC[C@@H]3COc4ccccc4O3)CC2=O)cc1. The molecule has 1 fully saturated rings. The summed E-state index contributed by atoms with van der Waals surface area (Å²) in [5, 5.41) is 2.86. The van der Waals surface area contributed by atoms with Crippen LogP contribution in [0.2, 0.25) is 0 Å². The first kappa shape index (κ1) is 24.0. The smallest absolute Gasteiger partial charge is 0.243 e. The number of nitrogens with one attached hydrogen (secondary N) is 1. The molecule has 0 unspecified atom stereocenters. The van der Waals surface area contributed by atoms with Crippen molar-refractivity contribution in [1.29, 1.82) is 0 Å². The molecule has 2 amide bonds. The molecule has 4 rings (SSSR count). The van der Waals surface area contributed by atoms with Crippen LogP contribution in [0.4, 0.5) is 5.69 Å². The van der Waals surface area contributed by atoms with Gasteiger partial charge in [0.1, 0.15) is 12.7 Å². The molecular formula is C24H29N3O6S. The Kier molecular flexibility index (Phi) is 7.08. The van der Waals surface area contributed by atoms with Crippen molar-refractivity contribution in [1.82, 2.24) is 9.62 Å². The van der Waals surface area contributed by atoms with E-state index in [1.165, 1.54) is 21.3 Å². The van der Waals surface area contributed by atoms with Gasteiger partial charge in [-0.05, 0) is 36.4 Å². The predicted octanol–water partition coefficient (Wildman–Crippen LogP) is 2.03. The monoisotopic (exact) mass is 487 g/mol. The lowest BCUT2D eigenvalue weighted by Crippen LogP contribution is -2.43. The van der Waals surface area contributed by atoms with Gasteiger partial charge >= 0.3 is 0 Å². The van der Waals surface area contributed by atoms with E-state index in [9.17, 15) is 18.0 Å². The normalized spacial score (nSPS) is 20.0. The lowest BCUT2D eigenvalue weighted by molar-refractivity contribution is -0.126. The molecule has 34 heavy (non-hydrogen) atoms. The van der Waals surface area contributed by atoms with E-state index in [1.54, 1.807) is 26.0 Å². The molecular weight excluding hydrogens is 458 g/mol. The fraction of sp³-hybridized carbons (Fsp3) is 0.417. The molecule has 0 bridgehead atoms. The molecule has 9 nitrogen and oxygen atoms in total. The van der Waals surface area contributed by atoms with E-state index in [1.807, 2.05) is 24.3 Å². The van der Waals surface area contributed by atoms with Crippen molar-refractivity contribution in [2.45, 2.75) is 31.3 Å². The zero-order chi connectivity index (χ0) is 24.3. The van der Waals surface area contributed by atoms with Crippen molar-refractivity contribution in [3.63, 3.8) is 0 Å². The van der Waals surface area contributed by atoms with Crippen molar-refractivity contribution in [3.05, 3.63) is 48.5 Å². The lowest BCUT2D eigenvalue weighted by atomic mass is 10.1. The molecule has 0 spiro atoms. The largest absolute Gasteiger partial charge is 0.486 e. The maximum atomic E-state index is 12.7. The van der Waals surface area contributed by atoms with Gasteiger partial charge in [0.2, 0.25) is 21.8 Å². The van der Waals surface area contributed by atoms with Crippen LogP contribution in [-0.4, -0.2) is 63.4 Å². The van der Waals surface area contributed by atoms with E-state index in [4.69, 9.17) is 9.47 Å². The summed E-state index contributed by atoms with van der Waals surface area (Å²) >= 11 is 0. The van der Waals surface area contributed by atoms with Gasteiger partial charge in [0.15, 0.2) is 11.5 Å². The molecule has 0 saturated carbocycles. The van der Waals surface area contributed by atoms with Gasteiger partial charge < -0.3 is 19.7 Å². The van der Waals surface area contributed by atoms with Gasteiger partial charge in [-0.15, -0.1) is 0 Å². The second kappa shape index (κ2) is 10.0. The van der Waals surface area contributed by atoms with Crippen LogP contribution in [0.3, 0.4) is 0 Å². The quantitative estimate of drug-likeness (QED) is 0.611. The second-order valence-corrected chi connectivity index (χ2v) is 10.2. The average molecular weight is 488 g/mol. The standard InChI is InChI=1S/C24H29N3O6S/c1-3-26(4-2)34(30,31)20-11-9-18(10-12-20)27-15-17(13-23(27)28)24(29)25-14-19-16-32-21-7-5-6-8-22(21)33-19/h5-12,17,19H,3-4,13-16H2,1-2H3,(H,25,29)/t17-,19-/m1/s1. The van der Waals surface area contributed by atoms with Crippen LogP contribution in [0.15, 0.2) is 53.4 Å². The number of rotatable bonds is 8. The van der Waals surface area contributed by atoms with E-state index < -0.39 is 15.9 Å². The summed E-state index contributed by atoms with van der Waals surface area (Å²) in [6.07, 6.45) is -0.219. The zero-order valence-electron chi connectivity index (χ0n) is 19.3. The highest BCUT2D eigenvalue weighted by Gasteiger charge is 2.36. The number of carbonyl (C=O) groups excluding carboxylic acids is 2. The van der Waals surface area contributed by atoms with Crippen molar-refractivity contribution in [2.75, 3.05) is 37.7 Å². The van der Waals surface area contributed by atoms with Crippen LogP contribution in [0.1, 0.15) is 20.3 Å². The Balaban J connectivity index is 1.34. The van der Waals surface area contributed by atoms with Gasteiger partial charge in [0, 0.05) is 31.7 Å². The number of sulfonamides is 1. The van der Waals surface area contributed by atoms with Crippen LogP contribution in [0.25, 0.3) is 0 Å². The summed E-state index contributed by atoms with van der Waals surface area (Å²) < 4.78 is 38.3. The second-order valence-electron chi connectivity index (χ2n) is 8.23. The Hall–Kier alpha value is -3.11. The number of anilines is 1. The van der Waals surface area contributed by atoms with E-state index in [-0.39, 0.29) is 42.3 Å². The first-order valence-electron chi connectivity index (χ1n) is 11.4. The number of hydrogen-bond donors (Lipinski definition) is 1. The van der Waals surface area contributed by atoms with Crippen molar-refractivity contribution >= 4 is 27.5 Å². The predicted molar refractivity (Wildman–Crippen MR) is 126 cm³/mol. The third kappa shape index (κ3) is 4.88. The molecule has 1 N–H and O–H groups in total. The summed E-state index contributed by atoms with van der Waals surface area (Å²) in [6, 6.07) is 13.6. The molecule has 2 heterocycles. The van der Waals surface area contributed by atoms with Gasteiger partial charge in [0.25, 0.3) is 0 Å². The Morgan fingerprint density at radius 2 is 1.76 bits per heavy atom. The zero-order valence-corrected chi connectivity index (χ0v) is 20.1. The lowest BCUT2D eigenvalue weighted by Gasteiger charge is -2.26. The van der Waals surface area contributed by atoms with Gasteiger partial charge in [-0.1, -0.05) is 26.0 Å². The third-order valence-corrected chi connectivity index (χ3v) is 8.12. The van der Waals surface area contributed by atoms with Crippen molar-refractivity contribution in [2.24, 2.45) is 5.92 Å². The molecule has 182 valence electrons. The number of ether oxygens (including phenoxy) is 2. The Morgan fingerprint density at radius 1 is 1.09 bits per heavy atom. The molecule has 2 aromatic rings. The molecule has 0 radical (unpaired) electrons. The number of nitrogens with zero attached hydrogens (tertiary/aromatic N) is 2. The van der Waals surface area contributed by atoms with Crippen molar-refractivity contribution < 1.29 is 27.5 Å². The first-order chi connectivity index (χ1) is 16.3. The molecule has 0 aromatic heterocycles. The summed E-state index contributed by atoms with van der Waals surface area (Å²) in [7, 11) is -3.57. The molecule has 0 aliphatic carbocycles. The first-order valence-corrected chi connectivity index (χ1v) is 12.8. The highest BCUT2D eigenvalue weighted by atomic mass is 32.2. The van der Waals surface area contributed by atoms with Gasteiger partial charge in [0.05, 0.1) is 17.4 Å². The van der Waals surface area contributed by atoms with Gasteiger partial charge in [-0.2, -0.15) is 4.31 Å². The maximum absolute atomic E-state index is 12.7. The maximum Gasteiger partial charge on any atom is 0.243 e. The van der Waals surface area contributed by atoms with E-state index in [2.05, 4.69) is 5.32 Å². The minimum Gasteiger partial charge on any atom is -0.486 e. The Morgan fingerprint density at radius 3 is 2.44 bits per heavy atom. The van der Waals surface area contributed by atoms with Crippen LogP contribution in [0, 0.1) is 5.92 Å². The minimum atomic E-state index is -3.57. The van der Waals surface area contributed by atoms with Crippen LogP contribution < -0.4 is 19.7 Å². The van der Waals surface area contributed by atoms with Gasteiger partial charge in [-0.25, -0.2) is 8.42 Å². The average Bonchev–Trinajstić information content (AvgIpc) is 3.24. The Labute approximate surface area is 199 Å². The minimum absolute atomic E-state index is 0.0934. The van der Waals surface area contributed by atoms with Crippen LogP contribution in [-0.2, 0) is 19.6 Å². The number of carbonyl (C=O) groups is 2. The highest BCUT2D eigenvalue weighted by molar-refractivity contribution is 7.89. The third-order valence-electron chi connectivity index (χ3n) is 6.06.